The quantitative estimate of drug-likeness (QED) is 0.925. The van der Waals surface area contributed by atoms with E-state index >= 15 is 0 Å². The minimum Gasteiger partial charge on any atom is -0.390 e. The Labute approximate surface area is 122 Å². The smallest absolute Gasteiger partial charge is 0.195 e. The second-order valence-electron chi connectivity index (χ2n) is 5.83. The molecule has 0 radical (unpaired) electrons. The van der Waals surface area contributed by atoms with E-state index in [9.17, 15) is 5.11 Å². The molecule has 2 aliphatic rings. The molecule has 0 amide bonds. The summed E-state index contributed by atoms with van der Waals surface area (Å²) in [7, 11) is 0. The van der Waals surface area contributed by atoms with E-state index in [4.69, 9.17) is 4.98 Å². The average Bonchev–Trinajstić information content (AvgIpc) is 3.04. The number of fused-ring (bicyclic) bond motifs is 1. The minimum absolute atomic E-state index is 0.0511. The number of aliphatic hydroxyl groups is 1. The summed E-state index contributed by atoms with van der Waals surface area (Å²) in [5.41, 5.74) is 0.928. The Kier molecular flexibility index (Phi) is 3.17. The Morgan fingerprint density at radius 3 is 2.75 bits per heavy atom. The van der Waals surface area contributed by atoms with Crippen LogP contribution in [0.15, 0.2) is 11.6 Å². The summed E-state index contributed by atoms with van der Waals surface area (Å²) in [6, 6.07) is 0. The SMILES string of the molecule is OCc1c(N2CCN(CC3CC3)CC2)nc2sccn12. The minimum atomic E-state index is 0.0511. The third-order valence-electron chi connectivity index (χ3n) is 4.37. The van der Waals surface area contributed by atoms with Gasteiger partial charge in [0.05, 0.1) is 12.3 Å². The highest BCUT2D eigenvalue weighted by Crippen LogP contribution is 2.30. The number of anilines is 1. The van der Waals surface area contributed by atoms with Gasteiger partial charge in [-0.1, -0.05) is 0 Å². The van der Waals surface area contributed by atoms with Crippen molar-refractivity contribution in [1.29, 1.82) is 0 Å². The van der Waals surface area contributed by atoms with E-state index in [-0.39, 0.29) is 6.61 Å². The van der Waals surface area contributed by atoms with E-state index in [0.717, 1.165) is 48.6 Å². The van der Waals surface area contributed by atoms with Gasteiger partial charge in [0, 0.05) is 44.3 Å². The molecular weight excluding hydrogens is 272 g/mol. The fourth-order valence-electron chi connectivity index (χ4n) is 3.03. The van der Waals surface area contributed by atoms with E-state index in [1.807, 2.05) is 16.0 Å². The van der Waals surface area contributed by atoms with Gasteiger partial charge in [-0.05, 0) is 18.8 Å². The lowest BCUT2D eigenvalue weighted by molar-refractivity contribution is 0.246. The fraction of sp³-hybridized carbons (Fsp3) is 0.643. The molecule has 0 unspecified atom stereocenters. The van der Waals surface area contributed by atoms with E-state index in [0.29, 0.717) is 0 Å². The molecule has 4 rings (SSSR count). The number of nitrogens with zero attached hydrogens (tertiary/aromatic N) is 4. The van der Waals surface area contributed by atoms with Crippen LogP contribution in [0.2, 0.25) is 0 Å². The van der Waals surface area contributed by atoms with Crippen molar-refractivity contribution < 1.29 is 5.11 Å². The molecule has 0 bridgehead atoms. The normalized spacial score (nSPS) is 20.9. The monoisotopic (exact) mass is 292 g/mol. The summed E-state index contributed by atoms with van der Waals surface area (Å²) in [6.07, 6.45) is 4.84. The van der Waals surface area contributed by atoms with Gasteiger partial charge in [-0.3, -0.25) is 9.30 Å². The van der Waals surface area contributed by atoms with E-state index in [2.05, 4.69) is 9.80 Å². The molecule has 1 saturated heterocycles. The Bertz CT molecular complexity index is 595. The molecule has 20 heavy (non-hydrogen) atoms. The molecule has 2 fully saturated rings. The van der Waals surface area contributed by atoms with Crippen LogP contribution in [0.4, 0.5) is 5.82 Å². The van der Waals surface area contributed by atoms with Crippen LogP contribution < -0.4 is 4.90 Å². The Hall–Kier alpha value is -1.11. The molecule has 5 nitrogen and oxygen atoms in total. The van der Waals surface area contributed by atoms with Gasteiger partial charge >= 0.3 is 0 Å². The van der Waals surface area contributed by atoms with Crippen LogP contribution in [-0.2, 0) is 6.61 Å². The fourth-order valence-corrected chi connectivity index (χ4v) is 3.76. The Morgan fingerprint density at radius 1 is 1.25 bits per heavy atom. The predicted octanol–water partition coefficient (Wildman–Crippen LogP) is 1.42. The van der Waals surface area contributed by atoms with Crippen molar-refractivity contribution in [3.8, 4) is 0 Å². The zero-order chi connectivity index (χ0) is 13.5. The second kappa shape index (κ2) is 5.02. The van der Waals surface area contributed by atoms with Crippen LogP contribution in [0.5, 0.6) is 0 Å². The number of thiazole rings is 1. The number of aromatic nitrogens is 2. The summed E-state index contributed by atoms with van der Waals surface area (Å²) in [5.74, 6) is 1.94. The molecule has 0 aromatic carbocycles. The molecule has 0 atom stereocenters. The third-order valence-corrected chi connectivity index (χ3v) is 5.13. The van der Waals surface area contributed by atoms with Crippen LogP contribution in [0.1, 0.15) is 18.5 Å². The number of piperazine rings is 1. The van der Waals surface area contributed by atoms with Crippen LogP contribution in [0, 0.1) is 5.92 Å². The third kappa shape index (κ3) is 2.21. The summed E-state index contributed by atoms with van der Waals surface area (Å²) in [5, 5.41) is 11.7. The first-order valence-electron chi connectivity index (χ1n) is 7.38. The maximum absolute atomic E-state index is 9.64. The average molecular weight is 292 g/mol. The van der Waals surface area contributed by atoms with Gasteiger partial charge < -0.3 is 10.0 Å². The summed E-state index contributed by atoms with van der Waals surface area (Å²) >= 11 is 1.62. The lowest BCUT2D eigenvalue weighted by Gasteiger charge is -2.35. The second-order valence-corrected chi connectivity index (χ2v) is 6.70. The molecule has 6 heteroatoms. The molecule has 1 N–H and O–H groups in total. The molecular formula is C14H20N4OS. The molecule has 1 aliphatic heterocycles. The topological polar surface area (TPSA) is 44.0 Å². The van der Waals surface area contributed by atoms with Gasteiger partial charge in [0.2, 0.25) is 0 Å². The maximum atomic E-state index is 9.64. The Balaban J connectivity index is 1.50. The number of rotatable bonds is 4. The zero-order valence-corrected chi connectivity index (χ0v) is 12.3. The van der Waals surface area contributed by atoms with E-state index in [1.54, 1.807) is 11.3 Å². The highest BCUT2D eigenvalue weighted by molar-refractivity contribution is 7.15. The standard InChI is InChI=1S/C14H20N4OS/c19-10-12-13(15-14-18(12)7-8-20-14)17-5-3-16(4-6-17)9-11-1-2-11/h7-8,11,19H,1-6,9-10H2. The summed E-state index contributed by atoms with van der Waals surface area (Å²) in [4.78, 5) is 10.6. The van der Waals surface area contributed by atoms with Gasteiger partial charge in [0.1, 0.15) is 0 Å². The van der Waals surface area contributed by atoms with Crippen molar-refractivity contribution in [3.05, 3.63) is 17.3 Å². The van der Waals surface area contributed by atoms with Crippen LogP contribution >= 0.6 is 11.3 Å². The van der Waals surface area contributed by atoms with Crippen molar-refractivity contribution in [3.63, 3.8) is 0 Å². The van der Waals surface area contributed by atoms with Gasteiger partial charge in [-0.15, -0.1) is 11.3 Å². The summed E-state index contributed by atoms with van der Waals surface area (Å²) in [6.45, 7) is 5.60. The molecule has 3 heterocycles. The molecule has 2 aromatic rings. The highest BCUT2D eigenvalue weighted by Gasteiger charge is 2.28. The lowest BCUT2D eigenvalue weighted by atomic mass is 10.2. The number of aliphatic hydroxyl groups excluding tert-OH is 1. The first-order valence-corrected chi connectivity index (χ1v) is 8.25. The number of hydrogen-bond donors (Lipinski definition) is 1. The maximum Gasteiger partial charge on any atom is 0.195 e. The van der Waals surface area contributed by atoms with Crippen LogP contribution in [0.3, 0.4) is 0 Å². The largest absolute Gasteiger partial charge is 0.390 e. The number of hydrogen-bond acceptors (Lipinski definition) is 5. The zero-order valence-electron chi connectivity index (χ0n) is 11.5. The lowest BCUT2D eigenvalue weighted by Crippen LogP contribution is -2.47. The van der Waals surface area contributed by atoms with Gasteiger partial charge in [-0.25, -0.2) is 4.98 Å². The Morgan fingerprint density at radius 2 is 2.05 bits per heavy atom. The van der Waals surface area contributed by atoms with Gasteiger partial charge in [-0.2, -0.15) is 0 Å². The number of imidazole rings is 1. The van der Waals surface area contributed by atoms with Crippen molar-refractivity contribution in [1.82, 2.24) is 14.3 Å². The first-order chi connectivity index (χ1) is 9.85. The summed E-state index contributed by atoms with van der Waals surface area (Å²) < 4.78 is 2.01. The predicted molar refractivity (Wildman–Crippen MR) is 80.4 cm³/mol. The van der Waals surface area contributed by atoms with Gasteiger partial charge in [0.25, 0.3) is 0 Å². The highest BCUT2D eigenvalue weighted by atomic mass is 32.1. The van der Waals surface area contributed by atoms with Gasteiger partial charge in [0.15, 0.2) is 10.8 Å². The van der Waals surface area contributed by atoms with E-state index < -0.39 is 0 Å². The van der Waals surface area contributed by atoms with Crippen LogP contribution in [-0.4, -0.2) is 52.1 Å². The van der Waals surface area contributed by atoms with E-state index in [1.165, 1.54) is 19.4 Å². The van der Waals surface area contributed by atoms with Crippen molar-refractivity contribution in [2.24, 2.45) is 5.92 Å². The van der Waals surface area contributed by atoms with Crippen LogP contribution in [0.25, 0.3) is 4.96 Å². The first kappa shape index (κ1) is 12.6. The van der Waals surface area contributed by atoms with Crippen molar-refractivity contribution >= 4 is 22.1 Å². The molecule has 2 aromatic heterocycles. The molecule has 1 saturated carbocycles. The van der Waals surface area contributed by atoms with Crippen molar-refractivity contribution in [2.45, 2.75) is 19.4 Å². The molecule has 108 valence electrons. The molecule has 1 aliphatic carbocycles. The van der Waals surface area contributed by atoms with Crippen molar-refractivity contribution in [2.75, 3.05) is 37.6 Å². The molecule has 0 spiro atoms.